The summed E-state index contributed by atoms with van der Waals surface area (Å²) in [5.41, 5.74) is 3.31. The van der Waals surface area contributed by atoms with Gasteiger partial charge in [0, 0.05) is 44.8 Å². The molecule has 0 unspecified atom stereocenters. The lowest BCUT2D eigenvalue weighted by Gasteiger charge is -2.35. The molecule has 2 aromatic rings. The van der Waals surface area contributed by atoms with Crippen LogP contribution >= 0.6 is 0 Å². The van der Waals surface area contributed by atoms with Gasteiger partial charge in [0.1, 0.15) is 0 Å². The molecule has 0 N–H and O–H groups in total. The number of nitrogens with zero attached hydrogens (tertiary/aromatic N) is 3. The third kappa shape index (κ3) is 4.92. The molecular weight excluding hydrogens is 402 g/mol. The molecule has 0 bridgehead atoms. The smallest absolute Gasteiger partial charge is 0.253 e. The molecule has 2 fully saturated rings. The zero-order valence-corrected chi connectivity index (χ0v) is 19.0. The first-order chi connectivity index (χ1) is 15.6. The van der Waals surface area contributed by atoms with Gasteiger partial charge in [-0.25, -0.2) is 0 Å². The van der Waals surface area contributed by atoms with Crippen molar-refractivity contribution in [3.05, 3.63) is 59.2 Å². The molecule has 3 heterocycles. The zero-order valence-electron chi connectivity index (χ0n) is 19.0. The summed E-state index contributed by atoms with van der Waals surface area (Å²) in [7, 11) is 0. The Bertz CT molecular complexity index is 930. The van der Waals surface area contributed by atoms with Gasteiger partial charge in [-0.2, -0.15) is 0 Å². The molecule has 1 amide bonds. The van der Waals surface area contributed by atoms with Gasteiger partial charge < -0.3 is 14.4 Å². The van der Waals surface area contributed by atoms with Crippen molar-refractivity contribution in [2.45, 2.75) is 32.9 Å². The Labute approximate surface area is 190 Å². The summed E-state index contributed by atoms with van der Waals surface area (Å²) >= 11 is 0. The normalized spacial score (nSPS) is 20.0. The molecule has 3 aliphatic heterocycles. The molecule has 3 aliphatic rings. The molecule has 0 saturated carbocycles. The number of carbonyl (C=O) groups is 1. The van der Waals surface area contributed by atoms with Crippen LogP contribution < -0.4 is 9.47 Å². The Morgan fingerprint density at radius 1 is 0.812 bits per heavy atom. The maximum Gasteiger partial charge on any atom is 0.253 e. The highest BCUT2D eigenvalue weighted by Crippen LogP contribution is 2.32. The van der Waals surface area contributed by atoms with E-state index in [9.17, 15) is 4.79 Å². The fourth-order valence-electron chi connectivity index (χ4n) is 4.82. The molecule has 2 aromatic carbocycles. The SMILES string of the molecule is CC1CCN(Cc2ccc(C(=O)N3CCN(Cc4ccc5c(c4)OCO5)CC3)cc2)CC1. The molecule has 6 heteroatoms. The summed E-state index contributed by atoms with van der Waals surface area (Å²) in [6, 6.07) is 14.4. The lowest BCUT2D eigenvalue weighted by Crippen LogP contribution is -2.48. The van der Waals surface area contributed by atoms with Gasteiger partial charge in [-0.05, 0) is 67.2 Å². The predicted molar refractivity (Wildman–Crippen MR) is 124 cm³/mol. The molecule has 6 nitrogen and oxygen atoms in total. The standard InChI is InChI=1S/C26H33N3O3/c1-20-8-10-27(11-9-20)17-21-2-5-23(6-3-21)26(30)29-14-12-28(13-15-29)18-22-4-7-24-25(16-22)32-19-31-24/h2-7,16,20H,8-15,17-19H2,1H3. The van der Waals surface area contributed by atoms with Crippen LogP contribution in [-0.4, -0.2) is 66.7 Å². The summed E-state index contributed by atoms with van der Waals surface area (Å²) in [4.78, 5) is 19.9. The Hall–Kier alpha value is -2.57. The number of rotatable bonds is 5. The number of benzene rings is 2. The van der Waals surface area contributed by atoms with Crippen LogP contribution in [-0.2, 0) is 13.1 Å². The number of piperazine rings is 1. The molecule has 5 rings (SSSR count). The number of amides is 1. The van der Waals surface area contributed by atoms with E-state index in [-0.39, 0.29) is 5.91 Å². The van der Waals surface area contributed by atoms with Crippen LogP contribution in [0.5, 0.6) is 11.5 Å². The van der Waals surface area contributed by atoms with E-state index < -0.39 is 0 Å². The number of likely N-dealkylation sites (tertiary alicyclic amines) is 1. The number of hydrogen-bond donors (Lipinski definition) is 0. The second-order valence-corrected chi connectivity index (χ2v) is 9.41. The fraction of sp³-hybridized carbons (Fsp3) is 0.500. The van der Waals surface area contributed by atoms with E-state index in [0.29, 0.717) is 6.79 Å². The number of piperidine rings is 1. The van der Waals surface area contributed by atoms with Gasteiger partial charge in [0.2, 0.25) is 6.79 Å². The van der Waals surface area contributed by atoms with Gasteiger partial charge in [-0.1, -0.05) is 25.1 Å². The van der Waals surface area contributed by atoms with Crippen molar-refractivity contribution in [1.29, 1.82) is 0 Å². The van der Waals surface area contributed by atoms with Crippen molar-refractivity contribution in [2.75, 3.05) is 46.1 Å². The van der Waals surface area contributed by atoms with Gasteiger partial charge in [-0.3, -0.25) is 14.6 Å². The summed E-state index contributed by atoms with van der Waals surface area (Å²) in [5.74, 6) is 2.64. The van der Waals surface area contributed by atoms with E-state index in [2.05, 4.69) is 41.0 Å². The number of fused-ring (bicyclic) bond motifs is 1. The quantitative estimate of drug-likeness (QED) is 0.718. The van der Waals surface area contributed by atoms with Crippen LogP contribution in [0.3, 0.4) is 0 Å². The Morgan fingerprint density at radius 3 is 2.19 bits per heavy atom. The third-order valence-corrected chi connectivity index (χ3v) is 6.99. The fourth-order valence-corrected chi connectivity index (χ4v) is 4.82. The van der Waals surface area contributed by atoms with Crippen molar-refractivity contribution < 1.29 is 14.3 Å². The maximum atomic E-state index is 13.0. The first kappa shape index (κ1) is 21.3. The van der Waals surface area contributed by atoms with E-state index in [1.807, 2.05) is 23.1 Å². The number of hydrogen-bond acceptors (Lipinski definition) is 5. The average Bonchev–Trinajstić information content (AvgIpc) is 3.29. The summed E-state index contributed by atoms with van der Waals surface area (Å²) in [5, 5.41) is 0. The van der Waals surface area contributed by atoms with E-state index >= 15 is 0 Å². The van der Waals surface area contributed by atoms with Crippen LogP contribution in [0, 0.1) is 5.92 Å². The van der Waals surface area contributed by atoms with Gasteiger partial charge >= 0.3 is 0 Å². The highest BCUT2D eigenvalue weighted by Gasteiger charge is 2.23. The van der Waals surface area contributed by atoms with Crippen LogP contribution in [0.15, 0.2) is 42.5 Å². The van der Waals surface area contributed by atoms with Gasteiger partial charge in [0.05, 0.1) is 0 Å². The Balaban J connectivity index is 1.11. The topological polar surface area (TPSA) is 45.3 Å². The minimum atomic E-state index is 0.145. The summed E-state index contributed by atoms with van der Waals surface area (Å²) < 4.78 is 10.9. The van der Waals surface area contributed by atoms with Crippen LogP contribution in [0.25, 0.3) is 0 Å². The van der Waals surface area contributed by atoms with Gasteiger partial charge in [0.25, 0.3) is 5.91 Å². The van der Waals surface area contributed by atoms with Crippen molar-refractivity contribution in [1.82, 2.24) is 14.7 Å². The lowest BCUT2D eigenvalue weighted by atomic mass is 9.99. The molecule has 0 aromatic heterocycles. The molecule has 32 heavy (non-hydrogen) atoms. The summed E-state index contributed by atoms with van der Waals surface area (Å²) in [6.07, 6.45) is 2.58. The highest BCUT2D eigenvalue weighted by molar-refractivity contribution is 5.94. The first-order valence-corrected chi connectivity index (χ1v) is 11.9. The molecule has 0 aliphatic carbocycles. The molecule has 0 radical (unpaired) electrons. The van der Waals surface area contributed by atoms with E-state index in [1.165, 1.54) is 37.1 Å². The lowest BCUT2D eigenvalue weighted by molar-refractivity contribution is 0.0628. The minimum absolute atomic E-state index is 0.145. The van der Waals surface area contributed by atoms with Gasteiger partial charge in [-0.15, -0.1) is 0 Å². The molecule has 170 valence electrons. The number of carbonyl (C=O) groups excluding carboxylic acids is 1. The molecule has 2 saturated heterocycles. The zero-order chi connectivity index (χ0) is 21.9. The van der Waals surface area contributed by atoms with E-state index in [4.69, 9.17) is 9.47 Å². The van der Waals surface area contributed by atoms with Crippen molar-refractivity contribution >= 4 is 5.91 Å². The monoisotopic (exact) mass is 435 g/mol. The Morgan fingerprint density at radius 2 is 1.44 bits per heavy atom. The number of ether oxygens (including phenoxy) is 2. The largest absolute Gasteiger partial charge is 0.454 e. The molecule has 0 atom stereocenters. The molecular formula is C26H33N3O3. The van der Waals surface area contributed by atoms with Crippen molar-refractivity contribution in [2.24, 2.45) is 5.92 Å². The van der Waals surface area contributed by atoms with E-state index in [0.717, 1.165) is 62.2 Å². The minimum Gasteiger partial charge on any atom is -0.454 e. The average molecular weight is 436 g/mol. The third-order valence-electron chi connectivity index (χ3n) is 6.99. The maximum absolute atomic E-state index is 13.0. The predicted octanol–water partition coefficient (Wildman–Crippen LogP) is 3.61. The van der Waals surface area contributed by atoms with Gasteiger partial charge in [0.15, 0.2) is 11.5 Å². The molecule has 0 spiro atoms. The van der Waals surface area contributed by atoms with Crippen LogP contribution in [0.4, 0.5) is 0 Å². The second-order valence-electron chi connectivity index (χ2n) is 9.41. The second kappa shape index (κ2) is 9.51. The highest BCUT2D eigenvalue weighted by atomic mass is 16.7. The summed E-state index contributed by atoms with van der Waals surface area (Å²) in [6.45, 7) is 10.1. The van der Waals surface area contributed by atoms with Crippen LogP contribution in [0.2, 0.25) is 0 Å². The van der Waals surface area contributed by atoms with E-state index in [1.54, 1.807) is 0 Å². The van der Waals surface area contributed by atoms with Crippen molar-refractivity contribution in [3.8, 4) is 11.5 Å². The first-order valence-electron chi connectivity index (χ1n) is 11.9. The van der Waals surface area contributed by atoms with Crippen molar-refractivity contribution in [3.63, 3.8) is 0 Å². The Kier molecular flexibility index (Phi) is 6.32. The van der Waals surface area contributed by atoms with Crippen LogP contribution in [0.1, 0.15) is 41.3 Å².